The minimum Gasteiger partial charge on any atom is -0.481 e. The van der Waals surface area contributed by atoms with Crippen LogP contribution >= 0.6 is 0 Å². The summed E-state index contributed by atoms with van der Waals surface area (Å²) in [6.07, 6.45) is -0.672. The van der Waals surface area contributed by atoms with Gasteiger partial charge in [-0.3, -0.25) is 4.79 Å². The van der Waals surface area contributed by atoms with Crippen molar-refractivity contribution >= 4 is 11.6 Å². The van der Waals surface area contributed by atoms with Gasteiger partial charge in [0.25, 0.3) is 5.91 Å². The van der Waals surface area contributed by atoms with Gasteiger partial charge in [-0.05, 0) is 50.6 Å². The fourth-order valence-corrected chi connectivity index (χ4v) is 1.99. The Balaban J connectivity index is 2.02. The van der Waals surface area contributed by atoms with Crippen molar-refractivity contribution in [3.63, 3.8) is 0 Å². The maximum Gasteiger partial charge on any atom is 0.265 e. The van der Waals surface area contributed by atoms with Crippen molar-refractivity contribution < 1.29 is 13.9 Å². The fourth-order valence-electron chi connectivity index (χ4n) is 1.99. The van der Waals surface area contributed by atoms with E-state index in [0.717, 1.165) is 11.1 Å². The van der Waals surface area contributed by atoms with Crippen LogP contribution in [0.1, 0.15) is 18.1 Å². The monoisotopic (exact) mass is 287 g/mol. The van der Waals surface area contributed by atoms with Crippen LogP contribution in [0.4, 0.5) is 10.1 Å². The molecule has 0 aliphatic rings. The Bertz CT molecular complexity index is 655. The Morgan fingerprint density at radius 3 is 2.62 bits per heavy atom. The Labute approximate surface area is 123 Å². The average molecular weight is 287 g/mol. The molecule has 0 heterocycles. The van der Waals surface area contributed by atoms with Crippen molar-refractivity contribution in [3.05, 3.63) is 59.4 Å². The van der Waals surface area contributed by atoms with Crippen molar-refractivity contribution in [1.29, 1.82) is 0 Å². The molecule has 0 radical (unpaired) electrons. The molecule has 0 fully saturated rings. The predicted octanol–water partition coefficient (Wildman–Crippen LogP) is 3.85. The SMILES string of the molecule is Cc1ccc(OC(C)C(=O)Nc2cccc(F)c2)c(C)c1. The summed E-state index contributed by atoms with van der Waals surface area (Å²) in [5, 5.41) is 2.63. The van der Waals surface area contributed by atoms with Crippen LogP contribution in [-0.4, -0.2) is 12.0 Å². The van der Waals surface area contributed by atoms with Gasteiger partial charge in [0, 0.05) is 5.69 Å². The normalized spacial score (nSPS) is 11.8. The summed E-state index contributed by atoms with van der Waals surface area (Å²) in [5.41, 5.74) is 2.52. The molecule has 0 aliphatic heterocycles. The molecule has 21 heavy (non-hydrogen) atoms. The second-order valence-corrected chi connectivity index (χ2v) is 5.03. The Kier molecular flexibility index (Phi) is 4.58. The molecule has 2 rings (SSSR count). The zero-order valence-electron chi connectivity index (χ0n) is 12.3. The van der Waals surface area contributed by atoms with E-state index < -0.39 is 11.9 Å². The minimum absolute atomic E-state index is 0.319. The molecule has 0 aliphatic carbocycles. The van der Waals surface area contributed by atoms with Crippen molar-refractivity contribution in [2.45, 2.75) is 26.9 Å². The predicted molar refractivity (Wildman–Crippen MR) is 81.0 cm³/mol. The third kappa shape index (κ3) is 4.05. The second-order valence-electron chi connectivity index (χ2n) is 5.03. The lowest BCUT2D eigenvalue weighted by atomic mass is 10.1. The first kappa shape index (κ1) is 15.0. The van der Waals surface area contributed by atoms with Gasteiger partial charge < -0.3 is 10.1 Å². The number of hydrogen-bond acceptors (Lipinski definition) is 2. The van der Waals surface area contributed by atoms with Gasteiger partial charge >= 0.3 is 0 Å². The van der Waals surface area contributed by atoms with Gasteiger partial charge in [-0.1, -0.05) is 23.8 Å². The van der Waals surface area contributed by atoms with Crippen LogP contribution in [0.3, 0.4) is 0 Å². The van der Waals surface area contributed by atoms with Crippen molar-refractivity contribution in [2.24, 2.45) is 0 Å². The molecule has 1 atom stereocenters. The lowest BCUT2D eigenvalue weighted by Crippen LogP contribution is -2.30. The van der Waals surface area contributed by atoms with Gasteiger partial charge in [0.2, 0.25) is 0 Å². The van der Waals surface area contributed by atoms with Gasteiger partial charge in [0.1, 0.15) is 11.6 Å². The average Bonchev–Trinajstić information content (AvgIpc) is 2.41. The van der Waals surface area contributed by atoms with Crippen molar-refractivity contribution in [1.82, 2.24) is 0 Å². The number of hydrogen-bond donors (Lipinski definition) is 1. The van der Waals surface area contributed by atoms with E-state index in [2.05, 4.69) is 5.32 Å². The van der Waals surface area contributed by atoms with Gasteiger partial charge in [-0.15, -0.1) is 0 Å². The van der Waals surface area contributed by atoms with Gasteiger partial charge in [0.15, 0.2) is 6.10 Å². The summed E-state index contributed by atoms with van der Waals surface area (Å²) in [6.45, 7) is 5.59. The Hall–Kier alpha value is -2.36. The molecule has 0 saturated heterocycles. The van der Waals surface area contributed by atoms with Gasteiger partial charge in [0.05, 0.1) is 0 Å². The molecule has 1 N–H and O–H groups in total. The summed E-state index contributed by atoms with van der Waals surface area (Å²) in [5.74, 6) is -0.0428. The summed E-state index contributed by atoms with van der Waals surface area (Å²) in [4.78, 5) is 12.0. The standard InChI is InChI=1S/C17H18FNO2/c1-11-7-8-16(12(2)9-11)21-13(3)17(20)19-15-6-4-5-14(18)10-15/h4-10,13H,1-3H3,(H,19,20). The summed E-state index contributed by atoms with van der Waals surface area (Å²) in [7, 11) is 0. The number of aryl methyl sites for hydroxylation is 2. The number of rotatable bonds is 4. The molecule has 0 bridgehead atoms. The first-order valence-corrected chi connectivity index (χ1v) is 6.76. The van der Waals surface area contributed by atoms with E-state index in [4.69, 9.17) is 4.74 Å². The number of nitrogens with one attached hydrogen (secondary N) is 1. The zero-order chi connectivity index (χ0) is 15.4. The number of carbonyl (C=O) groups excluding carboxylic acids is 1. The molecule has 110 valence electrons. The lowest BCUT2D eigenvalue weighted by Gasteiger charge is -2.16. The minimum atomic E-state index is -0.672. The maximum absolute atomic E-state index is 13.1. The fraction of sp³-hybridized carbons (Fsp3) is 0.235. The highest BCUT2D eigenvalue weighted by Gasteiger charge is 2.16. The molecule has 1 amide bonds. The highest BCUT2D eigenvalue weighted by molar-refractivity contribution is 5.94. The highest BCUT2D eigenvalue weighted by Crippen LogP contribution is 2.20. The van der Waals surface area contributed by atoms with E-state index in [1.54, 1.807) is 19.1 Å². The van der Waals surface area contributed by atoms with Crippen LogP contribution in [0.25, 0.3) is 0 Å². The van der Waals surface area contributed by atoms with Gasteiger partial charge in [-0.25, -0.2) is 4.39 Å². The van der Waals surface area contributed by atoms with Gasteiger partial charge in [-0.2, -0.15) is 0 Å². The molecular formula is C17H18FNO2. The number of anilines is 1. The topological polar surface area (TPSA) is 38.3 Å². The molecule has 0 saturated carbocycles. The first-order valence-electron chi connectivity index (χ1n) is 6.76. The first-order chi connectivity index (χ1) is 9.95. The highest BCUT2D eigenvalue weighted by atomic mass is 19.1. The van der Waals surface area contributed by atoms with Crippen LogP contribution in [0.2, 0.25) is 0 Å². The summed E-state index contributed by atoms with van der Waals surface area (Å²) in [6, 6.07) is 11.5. The van der Waals surface area contributed by atoms with E-state index >= 15 is 0 Å². The largest absolute Gasteiger partial charge is 0.481 e. The lowest BCUT2D eigenvalue weighted by molar-refractivity contribution is -0.122. The van der Waals surface area contributed by atoms with E-state index in [0.29, 0.717) is 11.4 Å². The molecule has 0 spiro atoms. The van der Waals surface area contributed by atoms with E-state index in [1.807, 2.05) is 32.0 Å². The molecule has 2 aromatic carbocycles. The van der Waals surface area contributed by atoms with Crippen LogP contribution in [0.5, 0.6) is 5.75 Å². The maximum atomic E-state index is 13.1. The van der Waals surface area contributed by atoms with Crippen LogP contribution in [0, 0.1) is 19.7 Å². The molecule has 4 heteroatoms. The number of amides is 1. The summed E-state index contributed by atoms with van der Waals surface area (Å²) < 4.78 is 18.7. The smallest absolute Gasteiger partial charge is 0.265 e. The number of benzene rings is 2. The van der Waals surface area contributed by atoms with E-state index in [9.17, 15) is 9.18 Å². The quantitative estimate of drug-likeness (QED) is 0.927. The number of halogens is 1. The second kappa shape index (κ2) is 6.39. The van der Waals surface area contributed by atoms with Crippen molar-refractivity contribution in [2.75, 3.05) is 5.32 Å². The third-order valence-electron chi connectivity index (χ3n) is 3.10. The van der Waals surface area contributed by atoms with E-state index in [-0.39, 0.29) is 5.91 Å². The third-order valence-corrected chi connectivity index (χ3v) is 3.10. The molecule has 2 aromatic rings. The Morgan fingerprint density at radius 1 is 1.19 bits per heavy atom. The van der Waals surface area contributed by atoms with E-state index in [1.165, 1.54) is 12.1 Å². The molecule has 3 nitrogen and oxygen atoms in total. The van der Waals surface area contributed by atoms with Crippen LogP contribution < -0.4 is 10.1 Å². The molecular weight excluding hydrogens is 269 g/mol. The Morgan fingerprint density at radius 2 is 1.95 bits per heavy atom. The number of carbonyl (C=O) groups is 1. The zero-order valence-corrected chi connectivity index (χ0v) is 12.3. The van der Waals surface area contributed by atoms with Crippen LogP contribution in [0.15, 0.2) is 42.5 Å². The van der Waals surface area contributed by atoms with Crippen LogP contribution in [-0.2, 0) is 4.79 Å². The molecule has 0 aromatic heterocycles. The van der Waals surface area contributed by atoms with Crippen molar-refractivity contribution in [3.8, 4) is 5.75 Å². The summed E-state index contributed by atoms with van der Waals surface area (Å²) >= 11 is 0. The molecule has 1 unspecified atom stereocenters. The number of ether oxygens (including phenoxy) is 1.